The molecule has 104 valence electrons. The SMILES string of the molecule is Cc1nc2cc(C3=NNC(=O)CC3)ccc2n1CCN. The number of imidazole rings is 1. The van der Waals surface area contributed by atoms with Crippen molar-refractivity contribution in [2.24, 2.45) is 10.8 Å². The van der Waals surface area contributed by atoms with Gasteiger partial charge in [-0.2, -0.15) is 5.10 Å². The van der Waals surface area contributed by atoms with Crippen LogP contribution in [0.5, 0.6) is 0 Å². The van der Waals surface area contributed by atoms with Gasteiger partial charge in [0, 0.05) is 31.5 Å². The Balaban J connectivity index is 2.01. The lowest BCUT2D eigenvalue weighted by molar-refractivity contribution is -0.121. The fraction of sp³-hybridized carbons (Fsp3) is 0.357. The molecule has 20 heavy (non-hydrogen) atoms. The Morgan fingerprint density at radius 3 is 2.95 bits per heavy atom. The number of hydrogen-bond donors (Lipinski definition) is 2. The molecule has 0 spiro atoms. The van der Waals surface area contributed by atoms with Crippen LogP contribution < -0.4 is 11.2 Å². The van der Waals surface area contributed by atoms with Crippen LogP contribution in [-0.4, -0.2) is 27.7 Å². The Hall–Kier alpha value is -2.21. The standard InChI is InChI=1S/C14H17N5O/c1-9-16-12-8-10(11-3-5-14(20)18-17-11)2-4-13(12)19(9)7-6-15/h2,4,8H,3,5-7,15H2,1H3,(H,18,20). The van der Waals surface area contributed by atoms with Crippen molar-refractivity contribution in [1.82, 2.24) is 15.0 Å². The molecule has 6 nitrogen and oxygen atoms in total. The Kier molecular flexibility index (Phi) is 3.23. The number of nitrogens with two attached hydrogens (primary N) is 1. The molecule has 3 N–H and O–H groups in total. The number of carbonyl (C=O) groups excluding carboxylic acids is 1. The molecule has 2 heterocycles. The van der Waals surface area contributed by atoms with E-state index in [0.29, 0.717) is 19.4 Å². The van der Waals surface area contributed by atoms with Gasteiger partial charge in [-0.1, -0.05) is 6.07 Å². The van der Waals surface area contributed by atoms with Crippen molar-refractivity contribution in [3.05, 3.63) is 29.6 Å². The summed E-state index contributed by atoms with van der Waals surface area (Å²) < 4.78 is 2.11. The summed E-state index contributed by atoms with van der Waals surface area (Å²) in [5, 5.41) is 4.12. The molecule has 0 aliphatic carbocycles. The van der Waals surface area contributed by atoms with Gasteiger partial charge in [-0.25, -0.2) is 10.4 Å². The van der Waals surface area contributed by atoms with Gasteiger partial charge in [-0.15, -0.1) is 0 Å². The van der Waals surface area contributed by atoms with Crippen LogP contribution in [0.1, 0.15) is 24.2 Å². The van der Waals surface area contributed by atoms with Crippen molar-refractivity contribution in [3.63, 3.8) is 0 Å². The number of carbonyl (C=O) groups is 1. The second-order valence-corrected chi connectivity index (χ2v) is 4.90. The molecule has 0 saturated carbocycles. The highest BCUT2D eigenvalue weighted by atomic mass is 16.2. The van der Waals surface area contributed by atoms with Crippen molar-refractivity contribution < 1.29 is 4.79 Å². The molecule has 0 saturated heterocycles. The maximum Gasteiger partial charge on any atom is 0.240 e. The van der Waals surface area contributed by atoms with Crippen molar-refractivity contribution in [2.75, 3.05) is 6.54 Å². The summed E-state index contributed by atoms with van der Waals surface area (Å²) in [6, 6.07) is 6.08. The molecule has 6 heteroatoms. The molecular formula is C14H17N5O. The van der Waals surface area contributed by atoms with Gasteiger partial charge in [0.1, 0.15) is 5.82 Å². The molecule has 3 rings (SSSR count). The van der Waals surface area contributed by atoms with E-state index in [1.54, 1.807) is 0 Å². The van der Waals surface area contributed by atoms with E-state index in [9.17, 15) is 4.79 Å². The summed E-state index contributed by atoms with van der Waals surface area (Å²) in [5.74, 6) is 0.930. The molecule has 1 amide bonds. The number of aryl methyl sites for hydroxylation is 1. The Morgan fingerprint density at radius 2 is 2.25 bits per heavy atom. The lowest BCUT2D eigenvalue weighted by Crippen LogP contribution is -2.25. The van der Waals surface area contributed by atoms with E-state index in [4.69, 9.17) is 5.73 Å². The number of fused-ring (bicyclic) bond motifs is 1. The van der Waals surface area contributed by atoms with Crippen LogP contribution in [0.15, 0.2) is 23.3 Å². The van der Waals surface area contributed by atoms with Gasteiger partial charge in [0.05, 0.1) is 16.7 Å². The molecule has 0 unspecified atom stereocenters. The summed E-state index contributed by atoms with van der Waals surface area (Å²) in [7, 11) is 0. The second kappa shape index (κ2) is 5.05. The van der Waals surface area contributed by atoms with Gasteiger partial charge in [-0.05, 0) is 19.1 Å². The highest BCUT2D eigenvalue weighted by Gasteiger charge is 2.15. The first-order chi connectivity index (χ1) is 9.69. The van der Waals surface area contributed by atoms with Crippen LogP contribution in [0.3, 0.4) is 0 Å². The zero-order valence-corrected chi connectivity index (χ0v) is 11.4. The molecule has 1 aromatic heterocycles. The molecular weight excluding hydrogens is 254 g/mol. The summed E-state index contributed by atoms with van der Waals surface area (Å²) in [4.78, 5) is 15.7. The highest BCUT2D eigenvalue weighted by Crippen LogP contribution is 2.19. The van der Waals surface area contributed by atoms with E-state index in [1.807, 2.05) is 25.1 Å². The third-order valence-electron chi connectivity index (χ3n) is 3.53. The number of aromatic nitrogens is 2. The number of nitrogens with one attached hydrogen (secondary N) is 1. The predicted octanol–water partition coefficient (Wildman–Crippen LogP) is 0.918. The van der Waals surface area contributed by atoms with Gasteiger partial charge >= 0.3 is 0 Å². The molecule has 1 aromatic carbocycles. The third kappa shape index (κ3) is 2.18. The van der Waals surface area contributed by atoms with Crippen LogP contribution in [-0.2, 0) is 11.3 Å². The van der Waals surface area contributed by atoms with Crippen LogP contribution in [0.2, 0.25) is 0 Å². The van der Waals surface area contributed by atoms with Gasteiger partial charge in [0.25, 0.3) is 0 Å². The van der Waals surface area contributed by atoms with Crippen LogP contribution >= 0.6 is 0 Å². The van der Waals surface area contributed by atoms with Crippen LogP contribution in [0.4, 0.5) is 0 Å². The molecule has 0 radical (unpaired) electrons. The minimum absolute atomic E-state index is 0.0297. The zero-order chi connectivity index (χ0) is 14.1. The van der Waals surface area contributed by atoms with Crippen molar-refractivity contribution in [2.45, 2.75) is 26.3 Å². The van der Waals surface area contributed by atoms with Gasteiger partial charge in [0.15, 0.2) is 0 Å². The molecule has 0 fully saturated rings. The molecule has 0 bridgehead atoms. The van der Waals surface area contributed by atoms with E-state index in [2.05, 4.69) is 20.1 Å². The molecule has 2 aromatic rings. The van der Waals surface area contributed by atoms with Crippen molar-refractivity contribution in [1.29, 1.82) is 0 Å². The van der Waals surface area contributed by atoms with E-state index in [-0.39, 0.29) is 5.91 Å². The van der Waals surface area contributed by atoms with E-state index in [0.717, 1.165) is 34.7 Å². The summed E-state index contributed by atoms with van der Waals surface area (Å²) in [6.45, 7) is 3.33. The fourth-order valence-electron chi connectivity index (χ4n) is 2.52. The number of rotatable bonds is 3. The van der Waals surface area contributed by atoms with Crippen molar-refractivity contribution in [3.8, 4) is 0 Å². The number of nitrogens with zero attached hydrogens (tertiary/aromatic N) is 3. The van der Waals surface area contributed by atoms with Crippen LogP contribution in [0, 0.1) is 6.92 Å². The van der Waals surface area contributed by atoms with Gasteiger partial charge < -0.3 is 10.3 Å². The third-order valence-corrected chi connectivity index (χ3v) is 3.53. The first-order valence-corrected chi connectivity index (χ1v) is 6.72. The average Bonchev–Trinajstić information content (AvgIpc) is 2.76. The highest BCUT2D eigenvalue weighted by molar-refractivity contribution is 6.05. The molecule has 0 atom stereocenters. The quantitative estimate of drug-likeness (QED) is 0.870. The largest absolute Gasteiger partial charge is 0.329 e. The minimum Gasteiger partial charge on any atom is -0.329 e. The monoisotopic (exact) mass is 271 g/mol. The summed E-state index contributed by atoms with van der Waals surface area (Å²) in [5.41, 5.74) is 12.1. The van der Waals surface area contributed by atoms with E-state index < -0.39 is 0 Å². The van der Waals surface area contributed by atoms with Crippen molar-refractivity contribution >= 4 is 22.7 Å². The van der Waals surface area contributed by atoms with Gasteiger partial charge in [0.2, 0.25) is 5.91 Å². The number of benzene rings is 1. The average molecular weight is 271 g/mol. The fourth-order valence-corrected chi connectivity index (χ4v) is 2.52. The zero-order valence-electron chi connectivity index (χ0n) is 11.4. The van der Waals surface area contributed by atoms with E-state index >= 15 is 0 Å². The first-order valence-electron chi connectivity index (χ1n) is 6.72. The molecule has 1 aliphatic heterocycles. The lowest BCUT2D eigenvalue weighted by atomic mass is 10.0. The molecule has 1 aliphatic rings. The minimum atomic E-state index is -0.0297. The lowest BCUT2D eigenvalue weighted by Gasteiger charge is -2.12. The van der Waals surface area contributed by atoms with Crippen LogP contribution in [0.25, 0.3) is 11.0 Å². The van der Waals surface area contributed by atoms with Gasteiger partial charge in [-0.3, -0.25) is 4.79 Å². The number of hydrogen-bond acceptors (Lipinski definition) is 4. The topological polar surface area (TPSA) is 85.3 Å². The number of hydrazone groups is 1. The first kappa shape index (κ1) is 12.8. The van der Waals surface area contributed by atoms with E-state index in [1.165, 1.54) is 0 Å². The summed E-state index contributed by atoms with van der Waals surface area (Å²) in [6.07, 6.45) is 1.15. The number of amides is 1. The Labute approximate surface area is 116 Å². The Bertz CT molecular complexity index is 701. The smallest absolute Gasteiger partial charge is 0.240 e. The normalized spacial score (nSPS) is 15.3. The second-order valence-electron chi connectivity index (χ2n) is 4.90. The Morgan fingerprint density at radius 1 is 1.40 bits per heavy atom. The maximum atomic E-state index is 11.1. The maximum absolute atomic E-state index is 11.1. The predicted molar refractivity (Wildman–Crippen MR) is 77.4 cm³/mol. The summed E-state index contributed by atoms with van der Waals surface area (Å²) >= 11 is 0.